The Bertz CT molecular complexity index is 802. The Labute approximate surface area is 121 Å². The van der Waals surface area contributed by atoms with E-state index in [0.717, 1.165) is 5.69 Å². The van der Waals surface area contributed by atoms with Gasteiger partial charge in [0.2, 0.25) is 0 Å². The van der Waals surface area contributed by atoms with Crippen LogP contribution in [0.25, 0.3) is 10.9 Å². The van der Waals surface area contributed by atoms with E-state index >= 15 is 0 Å². The van der Waals surface area contributed by atoms with Crippen molar-refractivity contribution < 1.29 is 9.18 Å². The molecule has 0 atom stereocenters. The summed E-state index contributed by atoms with van der Waals surface area (Å²) in [5.74, 6) is -0.516. The van der Waals surface area contributed by atoms with Gasteiger partial charge in [-0.3, -0.25) is 4.79 Å². The van der Waals surface area contributed by atoms with Crippen molar-refractivity contribution in [3.8, 4) is 0 Å². The Morgan fingerprint density at radius 1 is 1.05 bits per heavy atom. The smallest absolute Gasteiger partial charge is 0.276 e. The molecule has 0 bridgehead atoms. The Kier molecular flexibility index (Phi) is 3.36. The standard InChI is InChI=1S/C17H13FN2O/c1-20(14-5-3-2-4-6-14)17(21)16-9-7-12-11-13(18)8-10-15(12)19-16/h2-11H,1H3. The van der Waals surface area contributed by atoms with Crippen LogP contribution in [0.15, 0.2) is 60.7 Å². The SMILES string of the molecule is CN(C(=O)c1ccc2cc(F)ccc2n1)c1ccccc1. The number of hydrogen-bond donors (Lipinski definition) is 0. The first-order valence-corrected chi connectivity index (χ1v) is 6.54. The van der Waals surface area contributed by atoms with Gasteiger partial charge in [0, 0.05) is 18.1 Å². The first-order chi connectivity index (χ1) is 10.1. The van der Waals surface area contributed by atoms with Gasteiger partial charge >= 0.3 is 0 Å². The highest BCUT2D eigenvalue weighted by Gasteiger charge is 2.15. The Hall–Kier alpha value is -2.75. The molecule has 104 valence electrons. The molecule has 2 aromatic carbocycles. The Morgan fingerprint density at radius 3 is 2.57 bits per heavy atom. The minimum Gasteiger partial charge on any atom is -0.310 e. The zero-order chi connectivity index (χ0) is 14.8. The van der Waals surface area contributed by atoms with Gasteiger partial charge in [-0.2, -0.15) is 0 Å². The number of carbonyl (C=O) groups is 1. The second kappa shape index (κ2) is 5.32. The average molecular weight is 280 g/mol. The third kappa shape index (κ3) is 2.60. The molecule has 0 aliphatic rings. The molecule has 0 aliphatic carbocycles. The number of aromatic nitrogens is 1. The predicted molar refractivity (Wildman–Crippen MR) is 80.9 cm³/mol. The van der Waals surface area contributed by atoms with Gasteiger partial charge in [-0.25, -0.2) is 9.37 Å². The van der Waals surface area contributed by atoms with Crippen LogP contribution in [-0.4, -0.2) is 17.9 Å². The minimum atomic E-state index is -0.315. The number of nitrogens with zero attached hydrogens (tertiary/aromatic N) is 2. The highest BCUT2D eigenvalue weighted by molar-refractivity contribution is 6.05. The third-order valence-electron chi connectivity index (χ3n) is 3.32. The zero-order valence-corrected chi connectivity index (χ0v) is 11.5. The van der Waals surface area contributed by atoms with Gasteiger partial charge in [0.25, 0.3) is 5.91 Å². The monoisotopic (exact) mass is 280 g/mol. The van der Waals surface area contributed by atoms with E-state index in [1.54, 1.807) is 25.2 Å². The fourth-order valence-electron chi connectivity index (χ4n) is 2.16. The van der Waals surface area contributed by atoms with Crippen molar-refractivity contribution in [2.45, 2.75) is 0 Å². The van der Waals surface area contributed by atoms with Gasteiger partial charge in [0.15, 0.2) is 0 Å². The van der Waals surface area contributed by atoms with Crippen LogP contribution in [0, 0.1) is 5.82 Å². The van der Waals surface area contributed by atoms with Crippen LogP contribution >= 0.6 is 0 Å². The molecular weight excluding hydrogens is 267 g/mol. The van der Waals surface area contributed by atoms with Crippen molar-refractivity contribution in [2.75, 3.05) is 11.9 Å². The third-order valence-corrected chi connectivity index (χ3v) is 3.32. The molecule has 3 rings (SSSR count). The molecule has 21 heavy (non-hydrogen) atoms. The molecular formula is C17H13FN2O. The van der Waals surface area contributed by atoms with Gasteiger partial charge in [-0.15, -0.1) is 0 Å². The predicted octanol–water partition coefficient (Wildman–Crippen LogP) is 3.65. The number of fused-ring (bicyclic) bond motifs is 1. The normalized spacial score (nSPS) is 10.6. The van der Waals surface area contributed by atoms with Crippen LogP contribution in [0.4, 0.5) is 10.1 Å². The number of amides is 1. The number of rotatable bonds is 2. The molecule has 3 nitrogen and oxygen atoms in total. The number of anilines is 1. The molecule has 0 N–H and O–H groups in total. The summed E-state index contributed by atoms with van der Waals surface area (Å²) in [5, 5.41) is 0.675. The van der Waals surface area contributed by atoms with Crippen molar-refractivity contribution in [1.82, 2.24) is 4.98 Å². The Morgan fingerprint density at radius 2 is 1.81 bits per heavy atom. The molecule has 0 spiro atoms. The lowest BCUT2D eigenvalue weighted by Gasteiger charge is -2.16. The van der Waals surface area contributed by atoms with Gasteiger partial charge in [-0.1, -0.05) is 24.3 Å². The minimum absolute atomic E-state index is 0.201. The van der Waals surface area contributed by atoms with E-state index in [1.807, 2.05) is 30.3 Å². The zero-order valence-electron chi connectivity index (χ0n) is 11.5. The highest BCUT2D eigenvalue weighted by atomic mass is 19.1. The summed E-state index contributed by atoms with van der Waals surface area (Å²) in [4.78, 5) is 18.3. The van der Waals surface area contributed by atoms with Crippen molar-refractivity contribution in [2.24, 2.45) is 0 Å². The first kappa shape index (κ1) is 13.2. The van der Waals surface area contributed by atoms with Crippen LogP contribution < -0.4 is 4.90 Å². The summed E-state index contributed by atoms with van der Waals surface area (Å²) in [6.07, 6.45) is 0. The van der Waals surface area contributed by atoms with Crippen molar-refractivity contribution >= 4 is 22.5 Å². The maximum Gasteiger partial charge on any atom is 0.276 e. The summed E-state index contributed by atoms with van der Waals surface area (Å²) in [6.45, 7) is 0. The van der Waals surface area contributed by atoms with Crippen molar-refractivity contribution in [3.05, 3.63) is 72.2 Å². The number of hydrogen-bond acceptors (Lipinski definition) is 2. The van der Waals surface area contributed by atoms with Gasteiger partial charge in [-0.05, 0) is 36.4 Å². The van der Waals surface area contributed by atoms with Crippen LogP contribution in [0.3, 0.4) is 0 Å². The molecule has 1 aromatic heterocycles. The molecule has 0 aliphatic heterocycles. The molecule has 3 aromatic rings. The lowest BCUT2D eigenvalue weighted by atomic mass is 10.2. The largest absolute Gasteiger partial charge is 0.310 e. The number of benzene rings is 2. The molecule has 0 unspecified atom stereocenters. The van der Waals surface area contributed by atoms with Crippen molar-refractivity contribution in [1.29, 1.82) is 0 Å². The Balaban J connectivity index is 1.96. The van der Waals surface area contributed by atoms with Gasteiger partial charge in [0.05, 0.1) is 5.52 Å². The fourth-order valence-corrected chi connectivity index (χ4v) is 2.16. The summed E-state index contributed by atoms with van der Waals surface area (Å²) >= 11 is 0. The molecule has 1 heterocycles. The summed E-state index contributed by atoms with van der Waals surface area (Å²) in [6, 6.07) is 17.0. The second-order valence-electron chi connectivity index (χ2n) is 4.73. The number of halogens is 1. The number of para-hydroxylation sites is 1. The molecule has 0 saturated heterocycles. The molecule has 4 heteroatoms. The van der Waals surface area contributed by atoms with Crippen LogP contribution in [0.1, 0.15) is 10.5 Å². The van der Waals surface area contributed by atoms with E-state index in [0.29, 0.717) is 16.6 Å². The molecule has 0 saturated carbocycles. The van der Waals surface area contributed by atoms with E-state index in [-0.39, 0.29) is 11.7 Å². The van der Waals surface area contributed by atoms with E-state index < -0.39 is 0 Å². The number of carbonyl (C=O) groups excluding carboxylic acids is 1. The highest BCUT2D eigenvalue weighted by Crippen LogP contribution is 2.17. The topological polar surface area (TPSA) is 33.2 Å². The lowest BCUT2D eigenvalue weighted by molar-refractivity contribution is 0.0988. The average Bonchev–Trinajstić information content (AvgIpc) is 2.53. The maximum atomic E-state index is 13.1. The van der Waals surface area contributed by atoms with Crippen LogP contribution in [0.2, 0.25) is 0 Å². The summed E-state index contributed by atoms with van der Waals surface area (Å²) in [5.41, 5.74) is 1.73. The van der Waals surface area contributed by atoms with E-state index in [2.05, 4.69) is 4.98 Å². The maximum absolute atomic E-state index is 13.1. The van der Waals surface area contributed by atoms with E-state index in [1.165, 1.54) is 17.0 Å². The van der Waals surface area contributed by atoms with E-state index in [9.17, 15) is 9.18 Å². The lowest BCUT2D eigenvalue weighted by Crippen LogP contribution is -2.26. The van der Waals surface area contributed by atoms with Crippen LogP contribution in [0.5, 0.6) is 0 Å². The van der Waals surface area contributed by atoms with Gasteiger partial charge < -0.3 is 4.90 Å². The van der Waals surface area contributed by atoms with Crippen molar-refractivity contribution in [3.63, 3.8) is 0 Å². The first-order valence-electron chi connectivity index (χ1n) is 6.54. The summed E-state index contributed by atoms with van der Waals surface area (Å²) < 4.78 is 13.1. The van der Waals surface area contributed by atoms with Gasteiger partial charge in [0.1, 0.15) is 11.5 Å². The van der Waals surface area contributed by atoms with E-state index in [4.69, 9.17) is 0 Å². The molecule has 0 fully saturated rings. The van der Waals surface area contributed by atoms with Crippen LogP contribution in [-0.2, 0) is 0 Å². The second-order valence-corrected chi connectivity index (χ2v) is 4.73. The number of pyridine rings is 1. The quantitative estimate of drug-likeness (QED) is 0.718. The fraction of sp³-hybridized carbons (Fsp3) is 0.0588. The summed E-state index contributed by atoms with van der Waals surface area (Å²) in [7, 11) is 1.70. The molecule has 0 radical (unpaired) electrons. The molecule has 1 amide bonds.